The maximum absolute atomic E-state index is 12.5. The maximum Gasteiger partial charge on any atom is 0.361 e. The van der Waals surface area contributed by atoms with E-state index in [2.05, 4.69) is 0 Å². The smallest absolute Gasteiger partial charge is 0.361 e. The Balaban J connectivity index is 2.24. The highest BCUT2D eigenvalue weighted by atomic mass is 32.2. The molecule has 9 heteroatoms. The van der Waals surface area contributed by atoms with Crippen LogP contribution in [-0.4, -0.2) is 45.2 Å². The zero-order chi connectivity index (χ0) is 20.6. The molecule has 0 aliphatic rings. The van der Waals surface area contributed by atoms with Gasteiger partial charge in [-0.15, -0.1) is 0 Å². The van der Waals surface area contributed by atoms with E-state index in [1.54, 1.807) is 36.4 Å². The van der Waals surface area contributed by atoms with Crippen LogP contribution >= 0.6 is 0 Å². The van der Waals surface area contributed by atoms with Gasteiger partial charge < -0.3 is 25.1 Å². The van der Waals surface area contributed by atoms with Crippen LogP contribution in [0.15, 0.2) is 53.9 Å². The summed E-state index contributed by atoms with van der Waals surface area (Å²) in [6, 6.07) is 12.8. The third kappa shape index (κ3) is 5.73. The molecule has 2 aromatic carbocycles. The third-order valence-electron chi connectivity index (χ3n) is 3.50. The van der Waals surface area contributed by atoms with Crippen molar-refractivity contribution in [2.24, 2.45) is 5.73 Å². The highest BCUT2D eigenvalue weighted by Crippen LogP contribution is 2.28. The molecular weight excluding hydrogens is 386 g/mol. The lowest BCUT2D eigenvalue weighted by Crippen LogP contribution is -2.34. The summed E-state index contributed by atoms with van der Waals surface area (Å²) in [5, 5.41) is 10.2. The van der Waals surface area contributed by atoms with Crippen LogP contribution in [0.2, 0.25) is 0 Å². The highest BCUT2D eigenvalue weighted by molar-refractivity contribution is 7.95. The molecule has 0 fully saturated rings. The summed E-state index contributed by atoms with van der Waals surface area (Å²) in [5.41, 5.74) is 3.76. The molecule has 2 aromatic rings. The minimum absolute atomic E-state index is 0.00607. The molecule has 0 spiro atoms. The first kappa shape index (κ1) is 21.3. The second-order valence-electron chi connectivity index (χ2n) is 5.54. The zero-order valence-electron chi connectivity index (χ0n) is 15.1. The first-order valence-corrected chi connectivity index (χ1v) is 9.85. The number of sulfone groups is 1. The fourth-order valence-corrected chi connectivity index (χ4v) is 3.23. The Morgan fingerprint density at radius 3 is 2.54 bits per heavy atom. The minimum atomic E-state index is -4.29. The van der Waals surface area contributed by atoms with Crippen molar-refractivity contribution in [2.45, 2.75) is 5.44 Å². The second kappa shape index (κ2) is 9.77. The van der Waals surface area contributed by atoms with Crippen molar-refractivity contribution in [1.82, 2.24) is 0 Å². The van der Waals surface area contributed by atoms with E-state index < -0.39 is 21.2 Å². The number of carbonyl (C=O) groups is 1. The molecule has 0 saturated carbocycles. The molecule has 150 valence electrons. The zero-order valence-corrected chi connectivity index (χ0v) is 16.0. The molecule has 0 aliphatic heterocycles. The Kier molecular flexibility index (Phi) is 7.42. The van der Waals surface area contributed by atoms with Gasteiger partial charge in [-0.2, -0.15) is 0 Å². The van der Waals surface area contributed by atoms with Gasteiger partial charge in [0.05, 0.1) is 7.11 Å². The topological polar surface area (TPSA) is 125 Å². The summed E-state index contributed by atoms with van der Waals surface area (Å²) in [6.45, 7) is 0.661. The van der Waals surface area contributed by atoms with Crippen molar-refractivity contribution in [3.63, 3.8) is 0 Å². The second-order valence-corrected chi connectivity index (χ2v) is 7.42. The Morgan fingerprint density at radius 2 is 1.89 bits per heavy atom. The number of hydrogen-bond donors (Lipinski definition) is 2. The molecule has 0 bridgehead atoms. The van der Waals surface area contributed by atoms with Gasteiger partial charge in [-0.3, -0.25) is 0 Å². The van der Waals surface area contributed by atoms with Crippen molar-refractivity contribution in [2.75, 3.05) is 20.3 Å². The van der Waals surface area contributed by atoms with Gasteiger partial charge >= 0.3 is 5.97 Å². The number of nitrogens with two attached hydrogens (primary N) is 1. The van der Waals surface area contributed by atoms with Gasteiger partial charge in [0, 0.05) is 12.0 Å². The van der Waals surface area contributed by atoms with Gasteiger partial charge in [-0.25, -0.2) is 13.2 Å². The third-order valence-corrected chi connectivity index (χ3v) is 4.91. The van der Waals surface area contributed by atoms with Crippen molar-refractivity contribution < 1.29 is 32.5 Å². The van der Waals surface area contributed by atoms with E-state index >= 15 is 0 Å². The number of ether oxygens (including phenoxy) is 3. The van der Waals surface area contributed by atoms with Crippen molar-refractivity contribution in [1.29, 1.82) is 0 Å². The predicted octanol–water partition coefficient (Wildman–Crippen LogP) is 1.91. The molecule has 3 N–H and O–H groups in total. The molecule has 0 aromatic heterocycles. The molecule has 1 unspecified atom stereocenters. The van der Waals surface area contributed by atoms with Gasteiger partial charge in [-0.1, -0.05) is 24.3 Å². The fourth-order valence-electron chi connectivity index (χ4n) is 2.22. The van der Waals surface area contributed by atoms with E-state index in [9.17, 15) is 18.3 Å². The summed E-state index contributed by atoms with van der Waals surface area (Å²) in [5.74, 6) is -0.898. The predicted molar refractivity (Wildman–Crippen MR) is 104 cm³/mol. The number of para-hydroxylation sites is 2. The number of carboxylic acids is 1. The summed E-state index contributed by atoms with van der Waals surface area (Å²) in [4.78, 5) is 11.5. The number of benzene rings is 2. The Hall–Kier alpha value is -3.04. The van der Waals surface area contributed by atoms with E-state index in [1.807, 2.05) is 0 Å². The van der Waals surface area contributed by atoms with E-state index in [4.69, 9.17) is 19.9 Å². The Labute approximate surface area is 163 Å². The van der Waals surface area contributed by atoms with E-state index in [0.717, 1.165) is 5.41 Å². The quantitative estimate of drug-likeness (QED) is 0.612. The normalized spacial score (nSPS) is 12.5. The molecule has 0 heterocycles. The SMILES string of the molecule is COc1ccccc1OC(C(=O)O)S(=O)(=O)C=Cc1cccc(OCCN)c1. The molecule has 2 rings (SSSR count). The lowest BCUT2D eigenvalue weighted by Gasteiger charge is -2.15. The van der Waals surface area contributed by atoms with Gasteiger partial charge in [0.2, 0.25) is 9.84 Å². The van der Waals surface area contributed by atoms with Crippen molar-refractivity contribution in [3.8, 4) is 17.2 Å². The average molecular weight is 407 g/mol. The van der Waals surface area contributed by atoms with Crippen LogP contribution in [0.3, 0.4) is 0 Å². The summed E-state index contributed by atoms with van der Waals surface area (Å²) >= 11 is 0. The minimum Gasteiger partial charge on any atom is -0.493 e. The van der Waals surface area contributed by atoms with Gasteiger partial charge in [-0.05, 0) is 35.9 Å². The Bertz CT molecular complexity index is 941. The van der Waals surface area contributed by atoms with Crippen LogP contribution in [0.25, 0.3) is 6.08 Å². The first-order chi connectivity index (χ1) is 13.4. The number of carboxylic acid groups (broad SMARTS) is 1. The highest BCUT2D eigenvalue weighted by Gasteiger charge is 2.33. The van der Waals surface area contributed by atoms with Gasteiger partial charge in [0.1, 0.15) is 12.4 Å². The van der Waals surface area contributed by atoms with Crippen LogP contribution < -0.4 is 19.9 Å². The molecule has 1 atom stereocenters. The maximum atomic E-state index is 12.5. The molecule has 0 saturated heterocycles. The number of methoxy groups -OCH3 is 1. The van der Waals surface area contributed by atoms with Crippen molar-refractivity contribution in [3.05, 3.63) is 59.5 Å². The standard InChI is InChI=1S/C19H21NO7S/c1-25-16-7-2-3-8-17(16)27-19(18(21)22)28(23,24)12-9-14-5-4-6-15(13-14)26-11-10-20/h2-9,12-13,19H,10-11,20H2,1H3,(H,21,22). The largest absolute Gasteiger partial charge is 0.493 e. The van der Waals surface area contributed by atoms with Crippen LogP contribution in [0, 0.1) is 0 Å². The first-order valence-electron chi connectivity index (χ1n) is 8.25. The lowest BCUT2D eigenvalue weighted by atomic mass is 10.2. The van der Waals surface area contributed by atoms with Gasteiger partial charge in [0.15, 0.2) is 11.5 Å². The van der Waals surface area contributed by atoms with E-state index in [1.165, 1.54) is 25.3 Å². The van der Waals surface area contributed by atoms with Gasteiger partial charge in [0.25, 0.3) is 5.44 Å². The summed E-state index contributed by atoms with van der Waals surface area (Å²) in [7, 11) is -2.92. The summed E-state index contributed by atoms with van der Waals surface area (Å²) in [6.07, 6.45) is 1.27. The molecule has 8 nitrogen and oxygen atoms in total. The monoisotopic (exact) mass is 407 g/mol. The molecule has 28 heavy (non-hydrogen) atoms. The van der Waals surface area contributed by atoms with Crippen molar-refractivity contribution >= 4 is 21.9 Å². The number of aliphatic carboxylic acids is 1. The van der Waals surface area contributed by atoms with E-state index in [0.29, 0.717) is 24.5 Å². The van der Waals surface area contributed by atoms with Crippen LogP contribution in [-0.2, 0) is 14.6 Å². The molecule has 0 amide bonds. The van der Waals surface area contributed by atoms with Crippen LogP contribution in [0.1, 0.15) is 5.56 Å². The van der Waals surface area contributed by atoms with Crippen LogP contribution in [0.4, 0.5) is 0 Å². The molecule has 0 radical (unpaired) electrons. The van der Waals surface area contributed by atoms with Crippen LogP contribution in [0.5, 0.6) is 17.2 Å². The molecular formula is C19H21NO7S. The average Bonchev–Trinajstić information content (AvgIpc) is 2.69. The van der Waals surface area contributed by atoms with E-state index in [-0.39, 0.29) is 11.5 Å². The summed E-state index contributed by atoms with van der Waals surface area (Å²) < 4.78 is 40.7. The fraction of sp³-hybridized carbons (Fsp3) is 0.211. The number of hydrogen-bond acceptors (Lipinski definition) is 7. The number of rotatable bonds is 10. The Morgan fingerprint density at radius 1 is 1.18 bits per heavy atom. The lowest BCUT2D eigenvalue weighted by molar-refractivity contribution is -0.141. The molecule has 0 aliphatic carbocycles.